The number of carboxylic acid groups (broad SMARTS) is 1. The predicted octanol–water partition coefficient (Wildman–Crippen LogP) is 1.07. The lowest BCUT2D eigenvalue weighted by atomic mass is 10.1. The lowest BCUT2D eigenvalue weighted by Gasteiger charge is -2.26. The first-order chi connectivity index (χ1) is 10.7. The monoisotopic (exact) mass is 302 g/mol. The maximum Gasteiger partial charge on any atom is 0.335 e. The number of carbonyl (C=O) groups is 1. The quantitative estimate of drug-likeness (QED) is 0.854. The molecule has 1 aliphatic heterocycles. The van der Waals surface area contributed by atoms with Crippen molar-refractivity contribution < 1.29 is 14.6 Å². The summed E-state index contributed by atoms with van der Waals surface area (Å²) in [6.45, 7) is 5.17. The number of morpholine rings is 1. The SMILES string of the molecule is O=C(O)c1ccc2c(NCCN3CCOCC3)ncnc2c1. The van der Waals surface area contributed by atoms with Gasteiger partial charge in [0.05, 0.1) is 24.3 Å². The number of carboxylic acids is 1. The Balaban J connectivity index is 1.69. The highest BCUT2D eigenvalue weighted by Gasteiger charge is 2.11. The van der Waals surface area contributed by atoms with E-state index in [1.807, 2.05) is 0 Å². The van der Waals surface area contributed by atoms with Gasteiger partial charge in [0.2, 0.25) is 0 Å². The summed E-state index contributed by atoms with van der Waals surface area (Å²) >= 11 is 0. The van der Waals surface area contributed by atoms with Gasteiger partial charge >= 0.3 is 5.97 Å². The molecule has 0 spiro atoms. The maximum absolute atomic E-state index is 11.0. The van der Waals surface area contributed by atoms with Crippen LogP contribution in [0.15, 0.2) is 24.5 Å². The van der Waals surface area contributed by atoms with E-state index < -0.39 is 5.97 Å². The Hall–Kier alpha value is -2.25. The molecule has 0 amide bonds. The van der Waals surface area contributed by atoms with E-state index in [1.54, 1.807) is 18.2 Å². The Kier molecular flexibility index (Phi) is 4.45. The van der Waals surface area contributed by atoms with Crippen molar-refractivity contribution in [3.8, 4) is 0 Å². The number of ether oxygens (including phenoxy) is 1. The van der Waals surface area contributed by atoms with Crippen LogP contribution in [0.1, 0.15) is 10.4 Å². The molecule has 2 aromatic rings. The van der Waals surface area contributed by atoms with Gasteiger partial charge in [0.1, 0.15) is 12.1 Å². The number of rotatable bonds is 5. The Morgan fingerprint density at radius 2 is 2.14 bits per heavy atom. The third kappa shape index (κ3) is 3.32. The summed E-state index contributed by atoms with van der Waals surface area (Å²) in [4.78, 5) is 21.7. The third-order valence-corrected chi connectivity index (χ3v) is 3.71. The van der Waals surface area contributed by atoms with Crippen LogP contribution in [0, 0.1) is 0 Å². The van der Waals surface area contributed by atoms with E-state index in [2.05, 4.69) is 20.2 Å². The zero-order valence-corrected chi connectivity index (χ0v) is 12.2. The van der Waals surface area contributed by atoms with Gasteiger partial charge in [-0.3, -0.25) is 4.90 Å². The van der Waals surface area contributed by atoms with Crippen molar-refractivity contribution in [2.24, 2.45) is 0 Å². The highest BCUT2D eigenvalue weighted by atomic mass is 16.5. The molecule has 0 bridgehead atoms. The molecule has 3 rings (SSSR count). The van der Waals surface area contributed by atoms with Crippen molar-refractivity contribution in [3.63, 3.8) is 0 Å². The molecule has 1 aliphatic rings. The van der Waals surface area contributed by atoms with Gasteiger partial charge in [-0.2, -0.15) is 0 Å². The largest absolute Gasteiger partial charge is 0.478 e. The van der Waals surface area contributed by atoms with Gasteiger partial charge in [0.15, 0.2) is 0 Å². The molecule has 1 aromatic heterocycles. The standard InChI is InChI=1S/C15H18N4O3/c20-15(21)11-1-2-12-13(9-11)17-10-18-14(12)16-3-4-19-5-7-22-8-6-19/h1-2,9-10H,3-8H2,(H,20,21)(H,16,17,18). The number of fused-ring (bicyclic) bond motifs is 1. The lowest BCUT2D eigenvalue weighted by molar-refractivity contribution is 0.0398. The summed E-state index contributed by atoms with van der Waals surface area (Å²) in [6.07, 6.45) is 1.45. The Bertz CT molecular complexity index is 671. The fourth-order valence-corrected chi connectivity index (χ4v) is 2.49. The predicted molar refractivity (Wildman–Crippen MR) is 82.2 cm³/mol. The number of anilines is 1. The molecule has 2 heterocycles. The molecule has 0 radical (unpaired) electrons. The molecule has 7 nitrogen and oxygen atoms in total. The van der Waals surface area contributed by atoms with E-state index >= 15 is 0 Å². The first-order valence-corrected chi connectivity index (χ1v) is 7.26. The maximum atomic E-state index is 11.0. The molecule has 116 valence electrons. The zero-order valence-electron chi connectivity index (χ0n) is 12.2. The molecule has 0 saturated carbocycles. The summed E-state index contributed by atoms with van der Waals surface area (Å²) in [7, 11) is 0. The van der Waals surface area contributed by atoms with Crippen LogP contribution in [0.3, 0.4) is 0 Å². The van der Waals surface area contributed by atoms with Gasteiger partial charge in [-0.1, -0.05) is 0 Å². The number of aromatic carboxylic acids is 1. The smallest absolute Gasteiger partial charge is 0.335 e. The molecule has 22 heavy (non-hydrogen) atoms. The molecular formula is C15H18N4O3. The average molecular weight is 302 g/mol. The van der Waals surface area contributed by atoms with Gasteiger partial charge in [-0.05, 0) is 18.2 Å². The molecule has 7 heteroatoms. The van der Waals surface area contributed by atoms with Crippen LogP contribution >= 0.6 is 0 Å². The van der Waals surface area contributed by atoms with Gasteiger partial charge in [-0.15, -0.1) is 0 Å². The van der Waals surface area contributed by atoms with Crippen molar-refractivity contribution >= 4 is 22.7 Å². The molecule has 1 saturated heterocycles. The minimum Gasteiger partial charge on any atom is -0.478 e. The van der Waals surface area contributed by atoms with Gasteiger partial charge in [0, 0.05) is 31.6 Å². The van der Waals surface area contributed by atoms with E-state index in [0.717, 1.165) is 50.6 Å². The average Bonchev–Trinajstić information content (AvgIpc) is 2.55. The van der Waals surface area contributed by atoms with Crippen LogP contribution in [0.4, 0.5) is 5.82 Å². The van der Waals surface area contributed by atoms with Gasteiger partial charge in [-0.25, -0.2) is 14.8 Å². The second kappa shape index (κ2) is 6.67. The van der Waals surface area contributed by atoms with Crippen LogP contribution in [0.25, 0.3) is 10.9 Å². The Morgan fingerprint density at radius 3 is 2.91 bits per heavy atom. The third-order valence-electron chi connectivity index (χ3n) is 3.71. The van der Waals surface area contributed by atoms with Gasteiger partial charge in [0.25, 0.3) is 0 Å². The summed E-state index contributed by atoms with van der Waals surface area (Å²) in [5, 5.41) is 13.2. The molecule has 1 fully saturated rings. The number of nitrogens with zero attached hydrogens (tertiary/aromatic N) is 3. The molecular weight excluding hydrogens is 284 g/mol. The van der Waals surface area contributed by atoms with E-state index in [9.17, 15) is 4.79 Å². The lowest BCUT2D eigenvalue weighted by Crippen LogP contribution is -2.39. The van der Waals surface area contributed by atoms with E-state index in [0.29, 0.717) is 5.52 Å². The molecule has 0 aliphatic carbocycles. The Labute approximate surface area is 127 Å². The second-order valence-electron chi connectivity index (χ2n) is 5.14. The fraction of sp³-hybridized carbons (Fsp3) is 0.400. The minimum atomic E-state index is -0.956. The number of benzene rings is 1. The van der Waals surface area contributed by atoms with Crippen LogP contribution in [0.5, 0.6) is 0 Å². The highest BCUT2D eigenvalue weighted by Crippen LogP contribution is 2.20. The molecule has 0 atom stereocenters. The van der Waals surface area contributed by atoms with Crippen LogP contribution in [-0.2, 0) is 4.74 Å². The minimum absolute atomic E-state index is 0.227. The van der Waals surface area contributed by atoms with Crippen LogP contribution in [-0.4, -0.2) is 65.3 Å². The number of nitrogens with one attached hydrogen (secondary N) is 1. The normalized spacial score (nSPS) is 15.8. The van der Waals surface area contributed by atoms with Crippen LogP contribution in [0.2, 0.25) is 0 Å². The first kappa shape index (κ1) is 14.7. The number of aromatic nitrogens is 2. The van der Waals surface area contributed by atoms with Crippen molar-refractivity contribution in [1.82, 2.24) is 14.9 Å². The zero-order chi connectivity index (χ0) is 15.4. The fourth-order valence-electron chi connectivity index (χ4n) is 2.49. The van der Waals surface area contributed by atoms with Crippen molar-refractivity contribution in [3.05, 3.63) is 30.1 Å². The van der Waals surface area contributed by atoms with Gasteiger partial charge < -0.3 is 15.2 Å². The van der Waals surface area contributed by atoms with Crippen molar-refractivity contribution in [2.75, 3.05) is 44.7 Å². The van der Waals surface area contributed by atoms with Crippen LogP contribution < -0.4 is 5.32 Å². The van der Waals surface area contributed by atoms with E-state index in [4.69, 9.17) is 9.84 Å². The summed E-state index contributed by atoms with van der Waals surface area (Å²) in [5.41, 5.74) is 0.856. The second-order valence-corrected chi connectivity index (χ2v) is 5.14. The highest BCUT2D eigenvalue weighted by molar-refractivity contribution is 5.96. The number of hydrogen-bond donors (Lipinski definition) is 2. The van der Waals surface area contributed by atoms with E-state index in [1.165, 1.54) is 6.33 Å². The summed E-state index contributed by atoms with van der Waals surface area (Å²) in [6, 6.07) is 4.88. The van der Waals surface area contributed by atoms with Crippen molar-refractivity contribution in [1.29, 1.82) is 0 Å². The topological polar surface area (TPSA) is 87.6 Å². The van der Waals surface area contributed by atoms with E-state index in [-0.39, 0.29) is 5.56 Å². The summed E-state index contributed by atoms with van der Waals surface area (Å²) < 4.78 is 5.32. The van der Waals surface area contributed by atoms with Crippen molar-refractivity contribution in [2.45, 2.75) is 0 Å². The molecule has 2 N–H and O–H groups in total. The first-order valence-electron chi connectivity index (χ1n) is 7.26. The molecule has 0 unspecified atom stereocenters. The summed E-state index contributed by atoms with van der Waals surface area (Å²) in [5.74, 6) is -0.225. The number of hydrogen-bond acceptors (Lipinski definition) is 6. The Morgan fingerprint density at radius 1 is 1.32 bits per heavy atom. The molecule has 1 aromatic carbocycles.